The zero-order valence-electron chi connectivity index (χ0n) is 8.63. The van der Waals surface area contributed by atoms with Crippen LogP contribution in [0.2, 0.25) is 0 Å². The predicted octanol–water partition coefficient (Wildman–Crippen LogP) is 1.88. The van der Waals surface area contributed by atoms with Gasteiger partial charge in [0.2, 0.25) is 0 Å². The van der Waals surface area contributed by atoms with Crippen LogP contribution >= 0.6 is 0 Å². The van der Waals surface area contributed by atoms with Gasteiger partial charge in [0.1, 0.15) is 0 Å². The summed E-state index contributed by atoms with van der Waals surface area (Å²) in [5.41, 5.74) is 3.32. The first kappa shape index (κ1) is 9.41. The molecule has 1 atom stereocenters. The van der Waals surface area contributed by atoms with E-state index >= 15 is 0 Å². The van der Waals surface area contributed by atoms with Gasteiger partial charge in [-0.1, -0.05) is 30.7 Å². The minimum absolute atomic E-state index is 0.212. The maximum absolute atomic E-state index is 11.7. The summed E-state index contributed by atoms with van der Waals surface area (Å²) in [4.78, 5) is 11.7. The van der Waals surface area contributed by atoms with Crippen LogP contribution in [0.25, 0.3) is 0 Å². The molecule has 2 heteroatoms. The van der Waals surface area contributed by atoms with Crippen LogP contribution in [0, 0.1) is 6.92 Å². The molecule has 1 aliphatic heterocycles. The Morgan fingerprint density at radius 3 is 3.00 bits per heavy atom. The fourth-order valence-electron chi connectivity index (χ4n) is 1.95. The third-order valence-corrected chi connectivity index (χ3v) is 2.77. The second kappa shape index (κ2) is 3.54. The fraction of sp³-hybridized carbons (Fsp3) is 0.417. The lowest BCUT2D eigenvalue weighted by Crippen LogP contribution is -2.22. The van der Waals surface area contributed by atoms with Gasteiger partial charge in [0, 0.05) is 12.1 Å². The van der Waals surface area contributed by atoms with E-state index in [4.69, 9.17) is 0 Å². The first-order chi connectivity index (χ1) is 6.68. The molecule has 14 heavy (non-hydrogen) atoms. The van der Waals surface area contributed by atoms with Crippen molar-refractivity contribution in [2.45, 2.75) is 19.8 Å². The van der Waals surface area contributed by atoms with Crippen molar-refractivity contribution in [3.63, 3.8) is 0 Å². The van der Waals surface area contributed by atoms with Crippen LogP contribution in [-0.4, -0.2) is 18.9 Å². The average molecular weight is 189 g/mol. The second-order valence-electron chi connectivity index (χ2n) is 4.05. The van der Waals surface area contributed by atoms with Crippen LogP contribution in [0.5, 0.6) is 0 Å². The predicted molar refractivity (Wildman–Crippen MR) is 56.8 cm³/mol. The molecule has 74 valence electrons. The molecule has 0 aliphatic carbocycles. The van der Waals surface area contributed by atoms with Gasteiger partial charge in [-0.3, -0.25) is 4.79 Å². The Kier molecular flexibility index (Phi) is 2.38. The summed E-state index contributed by atoms with van der Waals surface area (Å²) in [6, 6.07) is 6.09. The van der Waals surface area contributed by atoms with Gasteiger partial charge in [0.25, 0.3) is 0 Å². The average Bonchev–Trinajstić information content (AvgIpc) is 2.28. The van der Waals surface area contributed by atoms with Gasteiger partial charge in [-0.15, -0.1) is 0 Å². The molecule has 0 spiro atoms. The van der Waals surface area contributed by atoms with Gasteiger partial charge in [0.05, 0.1) is 6.54 Å². The third kappa shape index (κ3) is 1.58. The van der Waals surface area contributed by atoms with Crippen LogP contribution in [0.4, 0.5) is 0 Å². The van der Waals surface area contributed by atoms with E-state index < -0.39 is 0 Å². The number of hydrogen-bond acceptors (Lipinski definition) is 2. The number of benzene rings is 1. The molecular weight excluding hydrogens is 174 g/mol. The highest BCUT2D eigenvalue weighted by Gasteiger charge is 2.19. The van der Waals surface area contributed by atoms with Crippen molar-refractivity contribution in [3.8, 4) is 0 Å². The Bertz CT molecular complexity index is 371. The lowest BCUT2D eigenvalue weighted by atomic mass is 9.93. The number of fused-ring (bicyclic) bond motifs is 1. The first-order valence-electron chi connectivity index (χ1n) is 5.03. The minimum atomic E-state index is 0.212. The van der Waals surface area contributed by atoms with E-state index in [0.29, 0.717) is 12.5 Å². The van der Waals surface area contributed by atoms with Gasteiger partial charge in [-0.25, -0.2) is 0 Å². The number of nitrogens with one attached hydrogen (secondary N) is 1. The molecule has 1 aliphatic rings. The number of carbonyl (C=O) groups excluding carboxylic acids is 1. The standard InChI is InChI=1S/C12H15NO/c1-8-3-4-10-11(5-8)9(2)6-13-7-12(10)14/h3-5,9,13H,6-7H2,1-2H3. The zero-order valence-corrected chi connectivity index (χ0v) is 8.63. The summed E-state index contributed by atoms with van der Waals surface area (Å²) in [6.45, 7) is 5.59. The largest absolute Gasteiger partial charge is 0.309 e. The molecule has 2 rings (SSSR count). The van der Waals surface area contributed by atoms with Crippen molar-refractivity contribution in [2.24, 2.45) is 0 Å². The summed E-state index contributed by atoms with van der Waals surface area (Å²) in [5.74, 6) is 0.640. The number of ketones is 1. The molecule has 1 N–H and O–H groups in total. The van der Waals surface area contributed by atoms with Crippen molar-refractivity contribution < 1.29 is 4.79 Å². The molecule has 0 saturated heterocycles. The Labute approximate surface area is 84.3 Å². The molecular formula is C12H15NO. The molecule has 0 saturated carbocycles. The van der Waals surface area contributed by atoms with Crippen molar-refractivity contribution >= 4 is 5.78 Å². The Balaban J connectivity index is 2.54. The van der Waals surface area contributed by atoms with Gasteiger partial charge < -0.3 is 5.32 Å². The smallest absolute Gasteiger partial charge is 0.176 e. The second-order valence-corrected chi connectivity index (χ2v) is 4.05. The van der Waals surface area contributed by atoms with Crippen LogP contribution < -0.4 is 5.32 Å². The quantitative estimate of drug-likeness (QED) is 0.675. The maximum Gasteiger partial charge on any atom is 0.176 e. The van der Waals surface area contributed by atoms with Gasteiger partial charge in [0.15, 0.2) is 5.78 Å². The van der Waals surface area contributed by atoms with E-state index in [-0.39, 0.29) is 5.78 Å². The monoisotopic (exact) mass is 189 g/mol. The molecule has 0 bridgehead atoms. The summed E-state index contributed by atoms with van der Waals surface area (Å²) >= 11 is 0. The third-order valence-electron chi connectivity index (χ3n) is 2.77. The van der Waals surface area contributed by atoms with E-state index in [2.05, 4.69) is 25.2 Å². The number of rotatable bonds is 0. The van der Waals surface area contributed by atoms with Crippen molar-refractivity contribution in [1.29, 1.82) is 0 Å². The normalized spacial score (nSPS) is 21.6. The molecule has 1 heterocycles. The Morgan fingerprint density at radius 2 is 2.21 bits per heavy atom. The highest BCUT2D eigenvalue weighted by Crippen LogP contribution is 2.23. The summed E-state index contributed by atoms with van der Waals surface area (Å²) in [6.07, 6.45) is 0. The number of Topliss-reactive ketones (excluding diaryl/α,β-unsaturated/α-hetero) is 1. The molecule has 0 fully saturated rings. The van der Waals surface area contributed by atoms with Crippen LogP contribution in [0.1, 0.15) is 34.3 Å². The molecule has 0 aromatic heterocycles. The lowest BCUT2D eigenvalue weighted by Gasteiger charge is -2.11. The van der Waals surface area contributed by atoms with Crippen LogP contribution in [-0.2, 0) is 0 Å². The molecule has 0 amide bonds. The van der Waals surface area contributed by atoms with Gasteiger partial charge in [-0.2, -0.15) is 0 Å². The number of aryl methyl sites for hydroxylation is 1. The molecule has 1 aromatic carbocycles. The molecule has 0 radical (unpaired) electrons. The van der Waals surface area contributed by atoms with Crippen molar-refractivity contribution in [3.05, 3.63) is 34.9 Å². The summed E-state index contributed by atoms with van der Waals surface area (Å²) < 4.78 is 0. The van der Waals surface area contributed by atoms with E-state index in [1.165, 1.54) is 11.1 Å². The van der Waals surface area contributed by atoms with Crippen LogP contribution in [0.3, 0.4) is 0 Å². The summed E-state index contributed by atoms with van der Waals surface area (Å²) in [5, 5.41) is 3.16. The molecule has 1 unspecified atom stereocenters. The highest BCUT2D eigenvalue weighted by molar-refractivity contribution is 5.99. The number of hydrogen-bond donors (Lipinski definition) is 1. The van der Waals surface area contributed by atoms with Gasteiger partial charge in [-0.05, 0) is 18.4 Å². The summed E-state index contributed by atoms with van der Waals surface area (Å²) in [7, 11) is 0. The van der Waals surface area contributed by atoms with E-state index in [0.717, 1.165) is 12.1 Å². The SMILES string of the molecule is Cc1ccc2c(c1)C(C)CNCC2=O. The zero-order chi connectivity index (χ0) is 10.1. The maximum atomic E-state index is 11.7. The van der Waals surface area contributed by atoms with Crippen molar-refractivity contribution in [2.75, 3.05) is 13.1 Å². The van der Waals surface area contributed by atoms with E-state index in [9.17, 15) is 4.79 Å². The fourth-order valence-corrected chi connectivity index (χ4v) is 1.95. The van der Waals surface area contributed by atoms with Gasteiger partial charge >= 0.3 is 0 Å². The molecule has 2 nitrogen and oxygen atoms in total. The first-order valence-corrected chi connectivity index (χ1v) is 5.03. The van der Waals surface area contributed by atoms with Crippen LogP contribution in [0.15, 0.2) is 18.2 Å². The minimum Gasteiger partial charge on any atom is -0.309 e. The van der Waals surface area contributed by atoms with E-state index in [1.54, 1.807) is 0 Å². The molecule has 1 aromatic rings. The number of carbonyl (C=O) groups is 1. The lowest BCUT2D eigenvalue weighted by molar-refractivity contribution is 0.0994. The Hall–Kier alpha value is -1.15. The highest BCUT2D eigenvalue weighted by atomic mass is 16.1. The Morgan fingerprint density at radius 1 is 1.43 bits per heavy atom. The van der Waals surface area contributed by atoms with Crippen molar-refractivity contribution in [1.82, 2.24) is 5.32 Å². The topological polar surface area (TPSA) is 29.1 Å². The van der Waals surface area contributed by atoms with E-state index in [1.807, 2.05) is 12.1 Å².